The van der Waals surface area contributed by atoms with E-state index in [1.54, 1.807) is 12.1 Å². The summed E-state index contributed by atoms with van der Waals surface area (Å²) in [7, 11) is 1.90. The van der Waals surface area contributed by atoms with Crippen LogP contribution in [0.15, 0.2) is 24.3 Å². The number of hydrogen-bond acceptors (Lipinski definition) is 4. The number of nitrogens with zero attached hydrogens (tertiary/aromatic N) is 2. The monoisotopic (exact) mass is 288 g/mol. The van der Waals surface area contributed by atoms with Crippen molar-refractivity contribution in [3.63, 3.8) is 0 Å². The van der Waals surface area contributed by atoms with Crippen LogP contribution in [0.25, 0.3) is 6.08 Å². The van der Waals surface area contributed by atoms with E-state index in [4.69, 9.17) is 9.84 Å². The van der Waals surface area contributed by atoms with Crippen molar-refractivity contribution in [1.29, 1.82) is 5.26 Å². The van der Waals surface area contributed by atoms with Gasteiger partial charge in [0.25, 0.3) is 0 Å². The van der Waals surface area contributed by atoms with Gasteiger partial charge in [-0.25, -0.2) is 4.79 Å². The first-order chi connectivity index (χ1) is 9.93. The molecule has 0 saturated carbocycles. The molecule has 112 valence electrons. The molecule has 1 aromatic carbocycles. The van der Waals surface area contributed by atoms with Crippen LogP contribution in [0.5, 0.6) is 0 Å². The zero-order valence-electron chi connectivity index (χ0n) is 12.5. The molecule has 0 radical (unpaired) electrons. The van der Waals surface area contributed by atoms with Crippen LogP contribution in [0.3, 0.4) is 0 Å². The van der Waals surface area contributed by atoms with E-state index in [9.17, 15) is 10.1 Å². The normalized spacial score (nSPS) is 10.8. The number of aliphatic carboxylic acids is 1. The average Bonchev–Trinajstić information content (AvgIpc) is 2.44. The second-order valence-electron chi connectivity index (χ2n) is 4.90. The smallest absolute Gasteiger partial charge is 0.328 e. The van der Waals surface area contributed by atoms with Crippen molar-refractivity contribution >= 4 is 17.7 Å². The summed E-state index contributed by atoms with van der Waals surface area (Å²) < 4.78 is 5.50. The van der Waals surface area contributed by atoms with Crippen molar-refractivity contribution in [3.8, 4) is 6.07 Å². The molecule has 0 fully saturated rings. The molecule has 5 nitrogen and oxygen atoms in total. The van der Waals surface area contributed by atoms with E-state index in [1.807, 2.05) is 31.9 Å². The fourth-order valence-corrected chi connectivity index (χ4v) is 1.79. The van der Waals surface area contributed by atoms with Crippen molar-refractivity contribution in [3.05, 3.63) is 35.4 Å². The highest BCUT2D eigenvalue weighted by Crippen LogP contribution is 2.21. The number of anilines is 1. The number of rotatable bonds is 7. The Morgan fingerprint density at radius 3 is 2.81 bits per heavy atom. The Labute approximate surface area is 125 Å². The third-order valence-electron chi connectivity index (χ3n) is 2.85. The van der Waals surface area contributed by atoms with Gasteiger partial charge in [0.15, 0.2) is 0 Å². The van der Waals surface area contributed by atoms with Crippen LogP contribution in [0.4, 0.5) is 5.69 Å². The standard InChI is InChI=1S/C16H20N2O3/c1-12(2)21-9-8-18(3)15-6-4-13(5-7-16(19)20)10-14(15)11-17/h4-7,10,12H,8-9H2,1-3H3,(H,19,20)/b7-5+. The molecule has 0 aliphatic carbocycles. The second kappa shape index (κ2) is 8.08. The van der Waals surface area contributed by atoms with E-state index in [2.05, 4.69) is 6.07 Å². The SMILES string of the molecule is CC(C)OCCN(C)c1ccc(/C=C/C(=O)O)cc1C#N. The minimum atomic E-state index is -1.01. The molecule has 1 aromatic rings. The third kappa shape index (κ3) is 5.67. The summed E-state index contributed by atoms with van der Waals surface area (Å²) in [5, 5.41) is 17.8. The van der Waals surface area contributed by atoms with E-state index in [-0.39, 0.29) is 6.10 Å². The number of likely N-dealkylation sites (N-methyl/N-ethyl adjacent to an activating group) is 1. The fourth-order valence-electron chi connectivity index (χ4n) is 1.79. The molecular weight excluding hydrogens is 268 g/mol. The largest absolute Gasteiger partial charge is 0.478 e. The van der Waals surface area contributed by atoms with Crippen molar-refractivity contribution in [2.75, 3.05) is 25.1 Å². The maximum atomic E-state index is 10.5. The van der Waals surface area contributed by atoms with Crippen LogP contribution in [0.1, 0.15) is 25.0 Å². The van der Waals surface area contributed by atoms with Crippen LogP contribution in [-0.4, -0.2) is 37.4 Å². The molecule has 0 unspecified atom stereocenters. The molecule has 0 bridgehead atoms. The molecule has 0 saturated heterocycles. The molecule has 0 spiro atoms. The quantitative estimate of drug-likeness (QED) is 0.780. The van der Waals surface area contributed by atoms with E-state index in [0.717, 1.165) is 11.8 Å². The van der Waals surface area contributed by atoms with Gasteiger partial charge in [-0.3, -0.25) is 0 Å². The minimum Gasteiger partial charge on any atom is -0.478 e. The molecule has 0 amide bonds. The minimum absolute atomic E-state index is 0.178. The van der Waals surface area contributed by atoms with Gasteiger partial charge in [0.05, 0.1) is 24.0 Å². The predicted octanol–water partition coefficient (Wildman–Crippen LogP) is 2.52. The zero-order valence-corrected chi connectivity index (χ0v) is 12.5. The van der Waals surface area contributed by atoms with Gasteiger partial charge in [-0.15, -0.1) is 0 Å². The molecule has 0 atom stereocenters. The Morgan fingerprint density at radius 2 is 2.24 bits per heavy atom. The highest BCUT2D eigenvalue weighted by molar-refractivity contribution is 5.85. The van der Waals surface area contributed by atoms with Gasteiger partial charge in [-0.05, 0) is 37.6 Å². The molecule has 0 aliphatic heterocycles. The van der Waals surface area contributed by atoms with Crippen LogP contribution >= 0.6 is 0 Å². The summed E-state index contributed by atoms with van der Waals surface area (Å²) in [6.07, 6.45) is 2.70. The molecule has 1 rings (SSSR count). The molecule has 5 heteroatoms. The van der Waals surface area contributed by atoms with Crippen molar-refractivity contribution in [2.45, 2.75) is 20.0 Å². The van der Waals surface area contributed by atoms with Crippen molar-refractivity contribution in [1.82, 2.24) is 0 Å². The van der Waals surface area contributed by atoms with Gasteiger partial charge in [-0.2, -0.15) is 5.26 Å². The van der Waals surface area contributed by atoms with Gasteiger partial charge >= 0.3 is 5.97 Å². The molecule has 1 N–H and O–H groups in total. The Balaban J connectivity index is 2.83. The number of ether oxygens (including phenoxy) is 1. The molecular formula is C16H20N2O3. The predicted molar refractivity (Wildman–Crippen MR) is 82.2 cm³/mol. The molecule has 0 aromatic heterocycles. The Kier molecular flexibility index (Phi) is 6.44. The lowest BCUT2D eigenvalue weighted by Crippen LogP contribution is -2.24. The van der Waals surface area contributed by atoms with E-state index in [1.165, 1.54) is 6.08 Å². The number of carboxylic acids is 1. The maximum Gasteiger partial charge on any atom is 0.328 e. The van der Waals surface area contributed by atoms with Gasteiger partial charge < -0.3 is 14.7 Å². The van der Waals surface area contributed by atoms with Crippen LogP contribution in [0.2, 0.25) is 0 Å². The lowest BCUT2D eigenvalue weighted by atomic mass is 10.1. The van der Waals surface area contributed by atoms with Crippen molar-refractivity contribution < 1.29 is 14.6 Å². The first-order valence-corrected chi connectivity index (χ1v) is 6.72. The van der Waals surface area contributed by atoms with Gasteiger partial charge in [-0.1, -0.05) is 6.07 Å². The van der Waals surface area contributed by atoms with E-state index < -0.39 is 5.97 Å². The Hall–Kier alpha value is -2.32. The summed E-state index contributed by atoms with van der Waals surface area (Å²) in [5.74, 6) is -1.01. The molecule has 0 aliphatic rings. The van der Waals surface area contributed by atoms with E-state index in [0.29, 0.717) is 24.3 Å². The lowest BCUT2D eigenvalue weighted by Gasteiger charge is -2.21. The first kappa shape index (κ1) is 16.7. The highest BCUT2D eigenvalue weighted by atomic mass is 16.5. The van der Waals surface area contributed by atoms with Crippen LogP contribution in [-0.2, 0) is 9.53 Å². The van der Waals surface area contributed by atoms with Crippen LogP contribution in [0, 0.1) is 11.3 Å². The zero-order chi connectivity index (χ0) is 15.8. The van der Waals surface area contributed by atoms with Gasteiger partial charge in [0, 0.05) is 19.7 Å². The summed E-state index contributed by atoms with van der Waals surface area (Å²) in [5.41, 5.74) is 2.00. The van der Waals surface area contributed by atoms with Gasteiger partial charge in [0.1, 0.15) is 6.07 Å². The Bertz CT molecular complexity index is 559. The molecule has 0 heterocycles. The topological polar surface area (TPSA) is 73.6 Å². The first-order valence-electron chi connectivity index (χ1n) is 6.72. The summed E-state index contributed by atoms with van der Waals surface area (Å²) >= 11 is 0. The fraction of sp³-hybridized carbons (Fsp3) is 0.375. The molecule has 21 heavy (non-hydrogen) atoms. The van der Waals surface area contributed by atoms with E-state index >= 15 is 0 Å². The average molecular weight is 288 g/mol. The third-order valence-corrected chi connectivity index (χ3v) is 2.85. The van der Waals surface area contributed by atoms with Crippen LogP contribution < -0.4 is 4.90 Å². The number of benzene rings is 1. The number of hydrogen-bond donors (Lipinski definition) is 1. The van der Waals surface area contributed by atoms with Gasteiger partial charge in [0.2, 0.25) is 0 Å². The summed E-state index contributed by atoms with van der Waals surface area (Å²) in [4.78, 5) is 12.5. The summed E-state index contributed by atoms with van der Waals surface area (Å²) in [6.45, 7) is 5.21. The Morgan fingerprint density at radius 1 is 1.52 bits per heavy atom. The highest BCUT2D eigenvalue weighted by Gasteiger charge is 2.08. The number of carbonyl (C=O) groups is 1. The lowest BCUT2D eigenvalue weighted by molar-refractivity contribution is -0.131. The number of nitriles is 1. The number of carboxylic acid groups (broad SMARTS) is 1. The second-order valence-corrected chi connectivity index (χ2v) is 4.90. The van der Waals surface area contributed by atoms with Crippen molar-refractivity contribution in [2.24, 2.45) is 0 Å². The summed E-state index contributed by atoms with van der Waals surface area (Å²) in [6, 6.07) is 7.42. The maximum absolute atomic E-state index is 10.5.